The van der Waals surface area contributed by atoms with Crippen LogP contribution in [-0.2, 0) is 16.9 Å². The number of aromatic nitrogens is 6. The highest BCUT2D eigenvalue weighted by Crippen LogP contribution is 2.49. The zero-order valence-electron chi connectivity index (χ0n) is 21.0. The fourth-order valence-electron chi connectivity index (χ4n) is 6.25. The minimum atomic E-state index is -1.22. The summed E-state index contributed by atoms with van der Waals surface area (Å²) in [6, 6.07) is 19.0. The molecule has 1 fully saturated rings. The number of nitrogens with zero attached hydrogens (tertiary/aromatic N) is 7. The van der Waals surface area contributed by atoms with Crippen LogP contribution in [0.1, 0.15) is 49.5 Å². The van der Waals surface area contributed by atoms with Gasteiger partial charge in [-0.05, 0) is 48.2 Å². The maximum Gasteiger partial charge on any atom is 0.414 e. The minimum absolute atomic E-state index is 0.0742. The Kier molecular flexibility index (Phi) is 5.75. The van der Waals surface area contributed by atoms with Gasteiger partial charge < -0.3 is 14.4 Å². The van der Waals surface area contributed by atoms with E-state index in [2.05, 4.69) is 24.8 Å². The van der Waals surface area contributed by atoms with Crippen LogP contribution in [0.4, 0.5) is 4.79 Å². The minimum Gasteiger partial charge on any atom is -0.444 e. The van der Waals surface area contributed by atoms with Gasteiger partial charge in [0.25, 0.3) is 0 Å². The summed E-state index contributed by atoms with van der Waals surface area (Å²) in [5.74, 6) is 0. The first-order chi connectivity index (χ1) is 19.1. The molecular formula is C28H26ClN7O3. The van der Waals surface area contributed by atoms with Gasteiger partial charge in [0.1, 0.15) is 17.8 Å². The van der Waals surface area contributed by atoms with Gasteiger partial charge in [-0.25, -0.2) is 14.5 Å². The van der Waals surface area contributed by atoms with Gasteiger partial charge in [-0.2, -0.15) is 4.98 Å². The van der Waals surface area contributed by atoms with E-state index in [0.29, 0.717) is 24.0 Å². The molecule has 198 valence electrons. The van der Waals surface area contributed by atoms with Crippen molar-refractivity contribution < 1.29 is 14.6 Å². The first-order valence-electron chi connectivity index (χ1n) is 13.1. The van der Waals surface area contributed by atoms with E-state index in [4.69, 9.17) is 16.3 Å². The maximum atomic E-state index is 14.0. The molecule has 0 bridgehead atoms. The number of benzene rings is 2. The number of fused-ring (bicyclic) bond motifs is 5. The molecule has 1 saturated carbocycles. The largest absolute Gasteiger partial charge is 0.444 e. The molecule has 3 aromatic heterocycles. The average molecular weight is 544 g/mol. The molecule has 1 aliphatic heterocycles. The third-order valence-corrected chi connectivity index (χ3v) is 8.18. The normalized spacial score (nSPS) is 20.4. The zero-order valence-corrected chi connectivity index (χ0v) is 21.8. The average Bonchev–Trinajstić information content (AvgIpc) is 3.57. The smallest absolute Gasteiger partial charge is 0.414 e. The molecule has 0 radical (unpaired) electrons. The van der Waals surface area contributed by atoms with Gasteiger partial charge in [0, 0.05) is 11.6 Å². The van der Waals surface area contributed by atoms with E-state index >= 15 is 0 Å². The molecule has 1 aliphatic carbocycles. The van der Waals surface area contributed by atoms with Gasteiger partial charge in [0.05, 0.1) is 16.7 Å². The van der Waals surface area contributed by atoms with Gasteiger partial charge in [0.15, 0.2) is 12.4 Å². The fraction of sp³-hybridized carbons (Fsp3) is 0.321. The van der Waals surface area contributed by atoms with Crippen molar-refractivity contribution in [3.8, 4) is 0 Å². The van der Waals surface area contributed by atoms with Crippen molar-refractivity contribution in [2.75, 3.05) is 0 Å². The van der Waals surface area contributed by atoms with Gasteiger partial charge in [0.2, 0.25) is 5.28 Å². The molecule has 0 saturated heterocycles. The zero-order chi connectivity index (χ0) is 26.6. The second kappa shape index (κ2) is 9.32. The van der Waals surface area contributed by atoms with Crippen LogP contribution in [0.25, 0.3) is 22.1 Å². The second-order valence-electron chi connectivity index (χ2n) is 10.2. The standard InChI is InChI=1S/C28H26ClN7O3/c29-26-30-16-19-15-22-24(36-21-12-6-5-11-20(21)32-33-36)34(27(38)39-17-18-9-3-1-4-10-18)25(37)28(13-7-2-8-14-28)35(22)23(19)31-26/h1,3-6,9-12,15-16,24-25,37H,2,7-8,13-14,17H2. The summed E-state index contributed by atoms with van der Waals surface area (Å²) >= 11 is 6.26. The van der Waals surface area contributed by atoms with E-state index in [0.717, 1.165) is 41.4 Å². The van der Waals surface area contributed by atoms with Crippen molar-refractivity contribution in [2.24, 2.45) is 0 Å². The molecule has 4 heterocycles. The molecule has 5 aromatic rings. The van der Waals surface area contributed by atoms with E-state index in [-0.39, 0.29) is 11.9 Å². The monoisotopic (exact) mass is 543 g/mol. The Hall–Kier alpha value is -4.02. The number of hydrogen-bond donors (Lipinski definition) is 1. The number of carbonyl (C=O) groups is 1. The Balaban J connectivity index is 1.44. The summed E-state index contributed by atoms with van der Waals surface area (Å²) in [4.78, 5) is 24.1. The van der Waals surface area contributed by atoms with Gasteiger partial charge in [-0.15, -0.1) is 5.10 Å². The maximum absolute atomic E-state index is 14.0. The molecule has 10 nitrogen and oxygen atoms in total. The summed E-state index contributed by atoms with van der Waals surface area (Å²) in [7, 11) is 0. The molecule has 11 heteroatoms. The van der Waals surface area contributed by atoms with Crippen LogP contribution in [0.3, 0.4) is 0 Å². The van der Waals surface area contributed by atoms with Crippen LogP contribution in [0, 0.1) is 0 Å². The van der Waals surface area contributed by atoms with Crippen molar-refractivity contribution in [2.45, 2.75) is 56.6 Å². The summed E-state index contributed by atoms with van der Waals surface area (Å²) in [5.41, 5.74) is 2.79. The molecule has 7 rings (SSSR count). The van der Waals surface area contributed by atoms with Gasteiger partial charge in [-0.1, -0.05) is 66.9 Å². The Labute approximate surface area is 228 Å². The number of hydrogen-bond acceptors (Lipinski definition) is 7. The van der Waals surface area contributed by atoms with E-state index < -0.39 is 24.0 Å². The highest BCUT2D eigenvalue weighted by molar-refractivity contribution is 6.28. The number of rotatable bonds is 3. The van der Waals surface area contributed by atoms with Crippen molar-refractivity contribution in [3.63, 3.8) is 0 Å². The summed E-state index contributed by atoms with van der Waals surface area (Å²) in [5, 5.41) is 21.9. The van der Waals surface area contributed by atoms with Crippen molar-refractivity contribution >= 4 is 39.8 Å². The van der Waals surface area contributed by atoms with Crippen molar-refractivity contribution in [1.82, 2.24) is 34.4 Å². The summed E-state index contributed by atoms with van der Waals surface area (Å²) in [6.07, 6.45) is 3.16. The van der Waals surface area contributed by atoms with Gasteiger partial charge >= 0.3 is 6.09 Å². The Morgan fingerprint density at radius 2 is 1.85 bits per heavy atom. The van der Waals surface area contributed by atoms with Crippen LogP contribution < -0.4 is 0 Å². The molecule has 1 spiro atoms. The Bertz CT molecular complexity index is 1680. The van der Waals surface area contributed by atoms with Crippen LogP contribution in [0.2, 0.25) is 5.28 Å². The van der Waals surface area contributed by atoms with Crippen molar-refractivity contribution in [3.05, 3.63) is 83.4 Å². The van der Waals surface area contributed by atoms with E-state index in [1.807, 2.05) is 60.7 Å². The molecular weight excluding hydrogens is 518 g/mol. The molecule has 39 heavy (non-hydrogen) atoms. The van der Waals surface area contributed by atoms with Crippen molar-refractivity contribution in [1.29, 1.82) is 0 Å². The SMILES string of the molecule is O=C(OCc1ccccc1)N1C(n2nnc3ccccc32)c2cc3cnc(Cl)nc3n2C2(CCCCC2)C1O. The number of para-hydroxylation sites is 1. The topological polar surface area (TPSA) is 111 Å². The van der Waals surface area contributed by atoms with Crippen LogP contribution >= 0.6 is 11.6 Å². The Morgan fingerprint density at radius 1 is 1.08 bits per heavy atom. The summed E-state index contributed by atoms with van der Waals surface area (Å²) in [6.45, 7) is 0.0742. The third kappa shape index (κ3) is 3.77. The molecule has 1 N–H and O–H groups in total. The predicted octanol–water partition coefficient (Wildman–Crippen LogP) is 5.01. The quantitative estimate of drug-likeness (QED) is 0.318. The first-order valence-corrected chi connectivity index (χ1v) is 13.5. The highest BCUT2D eigenvalue weighted by atomic mass is 35.5. The Morgan fingerprint density at radius 3 is 2.67 bits per heavy atom. The predicted molar refractivity (Wildman–Crippen MR) is 144 cm³/mol. The lowest BCUT2D eigenvalue weighted by atomic mass is 9.77. The van der Waals surface area contributed by atoms with E-state index in [1.165, 1.54) is 4.90 Å². The molecule has 2 unspecified atom stereocenters. The number of aliphatic hydroxyl groups excluding tert-OH is 1. The van der Waals surface area contributed by atoms with Crippen LogP contribution in [-0.4, -0.2) is 51.9 Å². The lowest BCUT2D eigenvalue weighted by Gasteiger charge is -2.52. The highest BCUT2D eigenvalue weighted by Gasteiger charge is 2.55. The number of ether oxygens (including phenoxy) is 1. The van der Waals surface area contributed by atoms with E-state index in [9.17, 15) is 9.90 Å². The van der Waals surface area contributed by atoms with Gasteiger partial charge in [-0.3, -0.25) is 4.90 Å². The van der Waals surface area contributed by atoms with Crippen LogP contribution in [0.15, 0.2) is 66.9 Å². The summed E-state index contributed by atoms with van der Waals surface area (Å²) < 4.78 is 9.56. The lowest BCUT2D eigenvalue weighted by molar-refractivity contribution is -0.132. The van der Waals surface area contributed by atoms with E-state index in [1.54, 1.807) is 10.9 Å². The number of amides is 1. The fourth-order valence-corrected chi connectivity index (χ4v) is 6.38. The molecule has 2 atom stereocenters. The lowest BCUT2D eigenvalue weighted by Crippen LogP contribution is -2.63. The number of aliphatic hydroxyl groups is 1. The first kappa shape index (κ1) is 24.1. The van der Waals surface area contributed by atoms with Crippen LogP contribution in [0.5, 0.6) is 0 Å². The molecule has 2 aromatic carbocycles. The molecule has 1 amide bonds. The molecule has 2 aliphatic rings. The number of halogens is 1. The third-order valence-electron chi connectivity index (χ3n) is 8.00. The number of carbonyl (C=O) groups excluding carboxylic acids is 1. The second-order valence-corrected chi connectivity index (χ2v) is 10.5.